The molecule has 0 fully saturated rings. The van der Waals surface area contributed by atoms with E-state index in [-0.39, 0.29) is 0 Å². The van der Waals surface area contributed by atoms with Crippen LogP contribution in [0, 0.1) is 0 Å². The lowest BCUT2D eigenvalue weighted by atomic mass is 10.2. The third-order valence-electron chi connectivity index (χ3n) is 2.52. The Morgan fingerprint density at radius 2 is 1.68 bits per heavy atom. The van der Waals surface area contributed by atoms with Crippen LogP contribution in [0.5, 0.6) is 11.5 Å². The van der Waals surface area contributed by atoms with Gasteiger partial charge < -0.3 is 9.47 Å². The van der Waals surface area contributed by atoms with E-state index < -0.39 is 0 Å². The van der Waals surface area contributed by atoms with Crippen LogP contribution in [0.1, 0.15) is 12.5 Å². The molecule has 0 saturated heterocycles. The molecule has 0 aliphatic heterocycles. The van der Waals surface area contributed by atoms with Crippen molar-refractivity contribution in [3.63, 3.8) is 0 Å². The predicted molar refractivity (Wildman–Crippen MR) is 78.4 cm³/mol. The average molecular weight is 297 g/mol. The number of hydrogen-bond acceptors (Lipinski definition) is 2. The smallest absolute Gasteiger partial charge is 0.123 e. The molecule has 2 aromatic rings. The van der Waals surface area contributed by atoms with Crippen LogP contribution in [-0.2, 0) is 6.61 Å². The molecule has 0 atom stereocenters. The summed E-state index contributed by atoms with van der Waals surface area (Å²) in [7, 11) is 0. The molecule has 0 heterocycles. The van der Waals surface area contributed by atoms with Crippen molar-refractivity contribution in [1.82, 2.24) is 0 Å². The van der Waals surface area contributed by atoms with Crippen LogP contribution in [0.15, 0.2) is 42.5 Å². The quantitative estimate of drug-likeness (QED) is 0.775. The maximum absolute atomic E-state index is 6.08. The van der Waals surface area contributed by atoms with Gasteiger partial charge in [-0.1, -0.05) is 29.3 Å². The average Bonchev–Trinajstić information content (AvgIpc) is 2.41. The molecule has 0 aliphatic rings. The van der Waals surface area contributed by atoms with Gasteiger partial charge in [-0.2, -0.15) is 0 Å². The zero-order valence-electron chi connectivity index (χ0n) is 10.5. The highest BCUT2D eigenvalue weighted by Gasteiger charge is 2.03. The van der Waals surface area contributed by atoms with Gasteiger partial charge in [-0.05, 0) is 37.3 Å². The molecule has 100 valence electrons. The zero-order chi connectivity index (χ0) is 13.7. The van der Waals surface area contributed by atoms with Crippen molar-refractivity contribution < 1.29 is 9.47 Å². The highest BCUT2D eigenvalue weighted by molar-refractivity contribution is 6.33. The summed E-state index contributed by atoms with van der Waals surface area (Å²) >= 11 is 12.0. The third kappa shape index (κ3) is 4.05. The number of hydrogen-bond donors (Lipinski definition) is 0. The first-order valence-electron chi connectivity index (χ1n) is 5.98. The van der Waals surface area contributed by atoms with Crippen LogP contribution in [0.25, 0.3) is 0 Å². The SMILES string of the molecule is CCOc1cccc(OCc2cc(Cl)ccc2Cl)c1. The standard InChI is InChI=1S/C15H14Cl2O2/c1-2-18-13-4-3-5-14(9-13)19-10-11-8-12(16)6-7-15(11)17/h3-9H,2,10H2,1H3. The fraction of sp³-hybridized carbons (Fsp3) is 0.200. The minimum absolute atomic E-state index is 0.370. The lowest BCUT2D eigenvalue weighted by Crippen LogP contribution is -1.97. The first-order valence-corrected chi connectivity index (χ1v) is 6.74. The summed E-state index contributed by atoms with van der Waals surface area (Å²) in [4.78, 5) is 0. The van der Waals surface area contributed by atoms with Crippen LogP contribution >= 0.6 is 23.2 Å². The molecule has 0 N–H and O–H groups in total. The summed E-state index contributed by atoms with van der Waals surface area (Å²) < 4.78 is 11.1. The number of halogens is 2. The largest absolute Gasteiger partial charge is 0.494 e. The Labute approximate surface area is 122 Å². The van der Waals surface area contributed by atoms with E-state index in [0.29, 0.717) is 23.3 Å². The minimum atomic E-state index is 0.370. The van der Waals surface area contributed by atoms with Crippen LogP contribution in [-0.4, -0.2) is 6.61 Å². The lowest BCUT2D eigenvalue weighted by Gasteiger charge is -2.10. The molecule has 0 radical (unpaired) electrons. The molecule has 0 spiro atoms. The van der Waals surface area contributed by atoms with E-state index in [4.69, 9.17) is 32.7 Å². The van der Waals surface area contributed by atoms with E-state index in [9.17, 15) is 0 Å². The fourth-order valence-corrected chi connectivity index (χ4v) is 2.00. The zero-order valence-corrected chi connectivity index (χ0v) is 12.0. The highest BCUT2D eigenvalue weighted by atomic mass is 35.5. The van der Waals surface area contributed by atoms with Crippen molar-refractivity contribution in [3.05, 3.63) is 58.1 Å². The third-order valence-corrected chi connectivity index (χ3v) is 3.12. The van der Waals surface area contributed by atoms with Gasteiger partial charge in [0.2, 0.25) is 0 Å². The topological polar surface area (TPSA) is 18.5 Å². The summed E-state index contributed by atoms with van der Waals surface area (Å²) in [5.41, 5.74) is 0.857. The van der Waals surface area contributed by atoms with Crippen molar-refractivity contribution in [2.24, 2.45) is 0 Å². The van der Waals surface area contributed by atoms with Crippen molar-refractivity contribution >= 4 is 23.2 Å². The molecule has 2 rings (SSSR count). The molecule has 0 amide bonds. The number of benzene rings is 2. The fourth-order valence-electron chi connectivity index (χ4n) is 1.64. The summed E-state index contributed by atoms with van der Waals surface area (Å²) in [6, 6.07) is 12.8. The molecular formula is C15H14Cl2O2. The summed E-state index contributed by atoms with van der Waals surface area (Å²) in [6.45, 7) is 2.94. The van der Waals surface area contributed by atoms with E-state index in [1.165, 1.54) is 0 Å². The Morgan fingerprint density at radius 3 is 2.42 bits per heavy atom. The van der Waals surface area contributed by atoms with Gasteiger partial charge >= 0.3 is 0 Å². The molecule has 2 nitrogen and oxygen atoms in total. The van der Waals surface area contributed by atoms with E-state index in [0.717, 1.165) is 17.1 Å². The molecular weight excluding hydrogens is 283 g/mol. The van der Waals surface area contributed by atoms with Crippen molar-refractivity contribution in [2.75, 3.05) is 6.61 Å². The Morgan fingerprint density at radius 1 is 0.947 bits per heavy atom. The van der Waals surface area contributed by atoms with Gasteiger partial charge in [0, 0.05) is 21.7 Å². The minimum Gasteiger partial charge on any atom is -0.494 e. The highest BCUT2D eigenvalue weighted by Crippen LogP contribution is 2.24. The first kappa shape index (κ1) is 14.0. The van der Waals surface area contributed by atoms with Gasteiger partial charge in [0.1, 0.15) is 18.1 Å². The van der Waals surface area contributed by atoms with Crippen molar-refractivity contribution in [3.8, 4) is 11.5 Å². The molecule has 19 heavy (non-hydrogen) atoms. The summed E-state index contributed by atoms with van der Waals surface area (Å²) in [5.74, 6) is 1.53. The van der Waals surface area contributed by atoms with Gasteiger partial charge in [0.05, 0.1) is 6.61 Å². The van der Waals surface area contributed by atoms with Crippen molar-refractivity contribution in [1.29, 1.82) is 0 Å². The van der Waals surface area contributed by atoms with Crippen LogP contribution in [0.2, 0.25) is 10.0 Å². The number of rotatable bonds is 5. The van der Waals surface area contributed by atoms with E-state index >= 15 is 0 Å². The van der Waals surface area contributed by atoms with Crippen molar-refractivity contribution in [2.45, 2.75) is 13.5 Å². The molecule has 2 aromatic carbocycles. The second-order valence-electron chi connectivity index (χ2n) is 3.93. The van der Waals surface area contributed by atoms with E-state index in [2.05, 4.69) is 0 Å². The monoisotopic (exact) mass is 296 g/mol. The normalized spacial score (nSPS) is 10.3. The Bertz CT molecular complexity index is 556. The summed E-state index contributed by atoms with van der Waals surface area (Å²) in [6.07, 6.45) is 0. The predicted octanol–water partition coefficient (Wildman–Crippen LogP) is 4.97. The maximum atomic E-state index is 6.08. The summed E-state index contributed by atoms with van der Waals surface area (Å²) in [5, 5.41) is 1.29. The van der Waals surface area contributed by atoms with Gasteiger partial charge in [-0.3, -0.25) is 0 Å². The Balaban J connectivity index is 2.05. The van der Waals surface area contributed by atoms with Gasteiger partial charge in [-0.25, -0.2) is 0 Å². The van der Waals surface area contributed by atoms with E-state index in [1.54, 1.807) is 18.2 Å². The van der Waals surface area contributed by atoms with Gasteiger partial charge in [0.15, 0.2) is 0 Å². The van der Waals surface area contributed by atoms with Crippen LogP contribution in [0.4, 0.5) is 0 Å². The van der Waals surface area contributed by atoms with Gasteiger partial charge in [-0.15, -0.1) is 0 Å². The molecule has 0 unspecified atom stereocenters. The second-order valence-corrected chi connectivity index (χ2v) is 4.78. The molecule has 0 bridgehead atoms. The molecule has 0 aliphatic carbocycles. The lowest BCUT2D eigenvalue weighted by molar-refractivity contribution is 0.299. The second kappa shape index (κ2) is 6.69. The Kier molecular flexibility index (Phi) is 4.94. The van der Waals surface area contributed by atoms with Crippen LogP contribution < -0.4 is 9.47 Å². The van der Waals surface area contributed by atoms with E-state index in [1.807, 2.05) is 31.2 Å². The van der Waals surface area contributed by atoms with Gasteiger partial charge in [0.25, 0.3) is 0 Å². The molecule has 0 aromatic heterocycles. The first-order chi connectivity index (χ1) is 9.19. The molecule has 0 saturated carbocycles. The number of ether oxygens (including phenoxy) is 2. The van der Waals surface area contributed by atoms with Crippen LogP contribution in [0.3, 0.4) is 0 Å². The Hall–Kier alpha value is -1.38. The molecule has 4 heteroatoms. The maximum Gasteiger partial charge on any atom is 0.123 e.